The summed E-state index contributed by atoms with van der Waals surface area (Å²) in [6.45, 7) is 1.40. The van der Waals surface area contributed by atoms with Crippen LogP contribution in [-0.4, -0.2) is 35.7 Å². The number of nitrogens with one attached hydrogen (secondary N) is 1. The molecule has 0 bridgehead atoms. The minimum atomic E-state index is -0.384. The van der Waals surface area contributed by atoms with Crippen LogP contribution in [0, 0.1) is 11.7 Å². The standard InChI is InChI=1S/C19H21FN2O3/c20-15-4-3-5-16(12-15)25-18-7-2-1-6-17(18)21-19(24)22-10-8-14(13-23)9-11-22/h1-7,12,14,23H,8-11,13H2,(H,21,24). The Morgan fingerprint density at radius 1 is 1.20 bits per heavy atom. The third kappa shape index (κ3) is 4.48. The van der Waals surface area contributed by atoms with Crippen LogP contribution in [0.25, 0.3) is 0 Å². The van der Waals surface area contributed by atoms with Crippen molar-refractivity contribution < 1.29 is 19.0 Å². The molecule has 2 N–H and O–H groups in total. The van der Waals surface area contributed by atoms with E-state index in [0.29, 0.717) is 30.3 Å². The fourth-order valence-corrected chi connectivity index (χ4v) is 2.83. The van der Waals surface area contributed by atoms with E-state index in [4.69, 9.17) is 4.74 Å². The topological polar surface area (TPSA) is 61.8 Å². The van der Waals surface area contributed by atoms with Crippen molar-refractivity contribution in [3.05, 3.63) is 54.3 Å². The van der Waals surface area contributed by atoms with Crippen molar-refractivity contribution in [3.8, 4) is 11.5 Å². The number of anilines is 1. The zero-order chi connectivity index (χ0) is 17.6. The maximum atomic E-state index is 13.3. The summed E-state index contributed by atoms with van der Waals surface area (Å²) in [4.78, 5) is 14.2. The largest absolute Gasteiger partial charge is 0.455 e. The number of halogens is 1. The summed E-state index contributed by atoms with van der Waals surface area (Å²) in [7, 11) is 0. The third-order valence-corrected chi connectivity index (χ3v) is 4.31. The fraction of sp³-hybridized carbons (Fsp3) is 0.316. The molecule has 25 heavy (non-hydrogen) atoms. The van der Waals surface area contributed by atoms with Crippen molar-refractivity contribution in [2.45, 2.75) is 12.8 Å². The molecule has 0 spiro atoms. The molecule has 0 aliphatic carbocycles. The molecule has 0 aromatic heterocycles. The number of hydrogen-bond acceptors (Lipinski definition) is 3. The molecule has 0 radical (unpaired) electrons. The van der Waals surface area contributed by atoms with Crippen LogP contribution in [0.5, 0.6) is 11.5 Å². The van der Waals surface area contributed by atoms with E-state index in [1.165, 1.54) is 12.1 Å². The Hall–Kier alpha value is -2.60. The predicted molar refractivity (Wildman–Crippen MR) is 93.3 cm³/mol. The lowest BCUT2D eigenvalue weighted by Crippen LogP contribution is -2.41. The molecule has 1 heterocycles. The highest BCUT2D eigenvalue weighted by molar-refractivity contribution is 5.91. The molecule has 0 atom stereocenters. The van der Waals surface area contributed by atoms with Crippen LogP contribution in [0.4, 0.5) is 14.9 Å². The summed E-state index contributed by atoms with van der Waals surface area (Å²) in [5.41, 5.74) is 0.529. The van der Waals surface area contributed by atoms with Crippen LogP contribution in [0.2, 0.25) is 0 Å². The summed E-state index contributed by atoms with van der Waals surface area (Å²) < 4.78 is 19.0. The smallest absolute Gasteiger partial charge is 0.321 e. The number of piperidine rings is 1. The molecule has 3 rings (SSSR count). The highest BCUT2D eigenvalue weighted by Gasteiger charge is 2.22. The first-order chi connectivity index (χ1) is 12.2. The number of nitrogens with zero attached hydrogens (tertiary/aromatic N) is 1. The number of hydrogen-bond donors (Lipinski definition) is 2. The monoisotopic (exact) mass is 344 g/mol. The van der Waals surface area contributed by atoms with Gasteiger partial charge < -0.3 is 20.1 Å². The van der Waals surface area contributed by atoms with E-state index in [2.05, 4.69) is 5.32 Å². The normalized spacial score (nSPS) is 15.0. The highest BCUT2D eigenvalue weighted by atomic mass is 19.1. The second-order valence-electron chi connectivity index (χ2n) is 6.10. The van der Waals surface area contributed by atoms with E-state index in [-0.39, 0.29) is 24.4 Å². The number of aliphatic hydroxyl groups is 1. The number of likely N-dealkylation sites (tertiary alicyclic amines) is 1. The van der Waals surface area contributed by atoms with Crippen molar-refractivity contribution in [2.24, 2.45) is 5.92 Å². The molecule has 1 saturated heterocycles. The van der Waals surface area contributed by atoms with E-state index >= 15 is 0 Å². The number of carbonyl (C=O) groups is 1. The number of rotatable bonds is 4. The SMILES string of the molecule is O=C(Nc1ccccc1Oc1cccc(F)c1)N1CCC(CO)CC1. The number of benzene rings is 2. The minimum absolute atomic E-state index is 0.166. The minimum Gasteiger partial charge on any atom is -0.455 e. The molecule has 2 aromatic rings. The van der Waals surface area contributed by atoms with E-state index < -0.39 is 0 Å². The summed E-state index contributed by atoms with van der Waals surface area (Å²) in [5.74, 6) is 0.704. The zero-order valence-electron chi connectivity index (χ0n) is 13.8. The van der Waals surface area contributed by atoms with Crippen LogP contribution in [-0.2, 0) is 0 Å². The summed E-state index contributed by atoms with van der Waals surface area (Å²) >= 11 is 0. The van der Waals surface area contributed by atoms with Gasteiger partial charge in [0.05, 0.1) is 5.69 Å². The number of amides is 2. The Labute approximate surface area is 146 Å². The summed E-state index contributed by atoms with van der Waals surface area (Å²) in [6, 6.07) is 12.7. The molecule has 2 aromatic carbocycles. The lowest BCUT2D eigenvalue weighted by molar-refractivity contribution is 0.143. The Kier molecular flexibility index (Phi) is 5.50. The molecule has 5 nitrogen and oxygen atoms in total. The Morgan fingerprint density at radius 3 is 2.68 bits per heavy atom. The first kappa shape index (κ1) is 17.2. The molecule has 0 saturated carbocycles. The number of aliphatic hydroxyl groups excluding tert-OH is 1. The summed E-state index contributed by atoms with van der Waals surface area (Å²) in [6.07, 6.45) is 1.59. The zero-order valence-corrected chi connectivity index (χ0v) is 13.8. The van der Waals surface area contributed by atoms with Gasteiger partial charge >= 0.3 is 6.03 Å². The lowest BCUT2D eigenvalue weighted by Gasteiger charge is -2.31. The molecule has 2 amide bonds. The second kappa shape index (κ2) is 7.98. The van der Waals surface area contributed by atoms with Gasteiger partial charge in [0.25, 0.3) is 0 Å². The molecule has 132 valence electrons. The fourth-order valence-electron chi connectivity index (χ4n) is 2.83. The first-order valence-electron chi connectivity index (χ1n) is 8.35. The summed E-state index contributed by atoms with van der Waals surface area (Å²) in [5, 5.41) is 12.0. The van der Waals surface area contributed by atoms with E-state index in [1.807, 2.05) is 0 Å². The van der Waals surface area contributed by atoms with Gasteiger partial charge in [-0.05, 0) is 43.0 Å². The molecule has 1 aliphatic rings. The molecule has 1 fully saturated rings. The Morgan fingerprint density at radius 2 is 1.96 bits per heavy atom. The van der Waals surface area contributed by atoms with Crippen LogP contribution in [0.1, 0.15) is 12.8 Å². The van der Waals surface area contributed by atoms with Crippen molar-refractivity contribution in [1.82, 2.24) is 4.90 Å². The average Bonchev–Trinajstić information content (AvgIpc) is 2.63. The van der Waals surface area contributed by atoms with Gasteiger partial charge in [0.2, 0.25) is 0 Å². The van der Waals surface area contributed by atoms with Gasteiger partial charge in [-0.3, -0.25) is 0 Å². The number of carbonyl (C=O) groups excluding carboxylic acids is 1. The highest BCUT2D eigenvalue weighted by Crippen LogP contribution is 2.30. The van der Waals surface area contributed by atoms with E-state index in [0.717, 1.165) is 12.8 Å². The van der Waals surface area contributed by atoms with Crippen molar-refractivity contribution in [2.75, 3.05) is 25.0 Å². The molecular formula is C19H21FN2O3. The predicted octanol–water partition coefficient (Wildman–Crippen LogP) is 3.85. The van der Waals surface area contributed by atoms with Crippen LogP contribution in [0.3, 0.4) is 0 Å². The number of ether oxygens (including phenoxy) is 1. The van der Waals surface area contributed by atoms with Crippen molar-refractivity contribution in [3.63, 3.8) is 0 Å². The van der Waals surface area contributed by atoms with E-state index in [1.54, 1.807) is 41.3 Å². The van der Waals surface area contributed by atoms with E-state index in [9.17, 15) is 14.3 Å². The van der Waals surface area contributed by atoms with Crippen LogP contribution < -0.4 is 10.1 Å². The van der Waals surface area contributed by atoms with Gasteiger partial charge in [-0.1, -0.05) is 18.2 Å². The first-order valence-corrected chi connectivity index (χ1v) is 8.35. The van der Waals surface area contributed by atoms with Crippen molar-refractivity contribution in [1.29, 1.82) is 0 Å². The van der Waals surface area contributed by atoms with Gasteiger partial charge in [0, 0.05) is 25.8 Å². The van der Waals surface area contributed by atoms with Crippen LogP contribution in [0.15, 0.2) is 48.5 Å². The number of urea groups is 1. The maximum Gasteiger partial charge on any atom is 0.321 e. The molecule has 0 unspecified atom stereocenters. The molecular weight excluding hydrogens is 323 g/mol. The van der Waals surface area contributed by atoms with Crippen molar-refractivity contribution >= 4 is 11.7 Å². The van der Waals surface area contributed by atoms with Crippen LogP contribution >= 0.6 is 0 Å². The number of para-hydroxylation sites is 2. The van der Waals surface area contributed by atoms with Gasteiger partial charge in [0.1, 0.15) is 11.6 Å². The van der Waals surface area contributed by atoms with Gasteiger partial charge in [0.15, 0.2) is 5.75 Å². The Balaban J connectivity index is 1.67. The van der Waals surface area contributed by atoms with Gasteiger partial charge in [-0.25, -0.2) is 9.18 Å². The lowest BCUT2D eigenvalue weighted by atomic mass is 9.98. The Bertz CT molecular complexity index is 730. The molecule has 6 heteroatoms. The third-order valence-electron chi connectivity index (χ3n) is 4.31. The quantitative estimate of drug-likeness (QED) is 0.885. The van der Waals surface area contributed by atoms with Gasteiger partial charge in [-0.2, -0.15) is 0 Å². The van der Waals surface area contributed by atoms with Gasteiger partial charge in [-0.15, -0.1) is 0 Å². The second-order valence-corrected chi connectivity index (χ2v) is 6.10. The maximum absolute atomic E-state index is 13.3. The average molecular weight is 344 g/mol. The molecule has 1 aliphatic heterocycles.